The molecule has 0 saturated carbocycles. The van der Waals surface area contributed by atoms with Gasteiger partial charge in [0.15, 0.2) is 0 Å². The van der Waals surface area contributed by atoms with E-state index >= 15 is 0 Å². The van der Waals surface area contributed by atoms with Gasteiger partial charge in [0.25, 0.3) is 0 Å². The Labute approximate surface area is 109 Å². The number of nitrogens with two attached hydrogens (primary N) is 1. The van der Waals surface area contributed by atoms with E-state index in [-0.39, 0.29) is 11.8 Å². The number of likely N-dealkylation sites (tertiary alicyclic amines) is 1. The van der Waals surface area contributed by atoms with Crippen LogP contribution in [-0.4, -0.2) is 53.4 Å². The van der Waals surface area contributed by atoms with Crippen molar-refractivity contribution in [2.75, 3.05) is 32.7 Å². The molecule has 1 heterocycles. The molecule has 0 spiro atoms. The molecule has 5 heteroatoms. The number of carbonyl (C=O) groups excluding carboxylic acids is 1. The Bertz CT molecular complexity index is 279. The van der Waals surface area contributed by atoms with E-state index in [0.717, 1.165) is 39.0 Å². The summed E-state index contributed by atoms with van der Waals surface area (Å²) in [6.45, 7) is 7.89. The van der Waals surface area contributed by atoms with Gasteiger partial charge in [0.2, 0.25) is 5.91 Å². The number of piperidine rings is 1. The maximum atomic E-state index is 12.0. The maximum Gasteiger partial charge on any atom is 0.236 e. The molecule has 2 N–H and O–H groups in total. The van der Waals surface area contributed by atoms with Gasteiger partial charge in [-0.2, -0.15) is 0 Å². The van der Waals surface area contributed by atoms with E-state index in [4.69, 9.17) is 18.0 Å². The van der Waals surface area contributed by atoms with Crippen molar-refractivity contribution >= 4 is 23.1 Å². The summed E-state index contributed by atoms with van der Waals surface area (Å²) in [5.41, 5.74) is 5.68. The van der Waals surface area contributed by atoms with Crippen LogP contribution in [-0.2, 0) is 4.79 Å². The van der Waals surface area contributed by atoms with Crippen molar-refractivity contribution in [2.24, 2.45) is 11.7 Å². The van der Waals surface area contributed by atoms with E-state index in [0.29, 0.717) is 11.5 Å². The quantitative estimate of drug-likeness (QED) is 0.742. The summed E-state index contributed by atoms with van der Waals surface area (Å²) in [4.78, 5) is 16.6. The molecule has 0 aliphatic carbocycles. The lowest BCUT2D eigenvalue weighted by molar-refractivity contribution is -0.132. The first kappa shape index (κ1) is 14.4. The van der Waals surface area contributed by atoms with Crippen molar-refractivity contribution in [3.8, 4) is 0 Å². The molecule has 1 atom stereocenters. The first-order chi connectivity index (χ1) is 8.08. The molecule has 4 nitrogen and oxygen atoms in total. The predicted octanol–water partition coefficient (Wildman–Crippen LogP) is 0.853. The molecule has 1 fully saturated rings. The standard InChI is InChI=1S/C12H23N3OS/c1-3-15(4-2)11(16)9-14-7-5-6-10(8-14)12(13)17/h10H,3-9H2,1-2H3,(H2,13,17). The second kappa shape index (κ2) is 6.91. The number of hydrogen-bond acceptors (Lipinski definition) is 3. The Morgan fingerprint density at radius 3 is 2.65 bits per heavy atom. The Balaban J connectivity index is 2.45. The van der Waals surface area contributed by atoms with Crippen molar-refractivity contribution in [3.63, 3.8) is 0 Å². The van der Waals surface area contributed by atoms with Crippen molar-refractivity contribution in [1.29, 1.82) is 0 Å². The van der Waals surface area contributed by atoms with E-state index in [1.165, 1.54) is 0 Å². The fraction of sp³-hybridized carbons (Fsp3) is 0.833. The fourth-order valence-corrected chi connectivity index (χ4v) is 2.49. The van der Waals surface area contributed by atoms with E-state index < -0.39 is 0 Å². The van der Waals surface area contributed by atoms with Crippen molar-refractivity contribution < 1.29 is 4.79 Å². The minimum atomic E-state index is 0.207. The van der Waals surface area contributed by atoms with Gasteiger partial charge in [0.05, 0.1) is 11.5 Å². The molecular formula is C12H23N3OS. The number of thiocarbonyl (C=S) groups is 1. The van der Waals surface area contributed by atoms with Gasteiger partial charge in [0.1, 0.15) is 0 Å². The molecule has 0 aromatic rings. The second-order valence-electron chi connectivity index (χ2n) is 4.54. The van der Waals surface area contributed by atoms with Crippen LogP contribution >= 0.6 is 12.2 Å². The van der Waals surface area contributed by atoms with Crippen LogP contribution in [0.1, 0.15) is 26.7 Å². The van der Waals surface area contributed by atoms with Crippen LogP contribution in [0, 0.1) is 5.92 Å². The van der Waals surface area contributed by atoms with Crippen molar-refractivity contribution in [1.82, 2.24) is 9.80 Å². The van der Waals surface area contributed by atoms with Gasteiger partial charge < -0.3 is 10.6 Å². The van der Waals surface area contributed by atoms with Crippen LogP contribution in [0.4, 0.5) is 0 Å². The van der Waals surface area contributed by atoms with Gasteiger partial charge in [0, 0.05) is 25.6 Å². The van der Waals surface area contributed by atoms with Gasteiger partial charge in [-0.05, 0) is 33.2 Å². The minimum Gasteiger partial charge on any atom is -0.393 e. The molecule has 0 radical (unpaired) electrons. The Morgan fingerprint density at radius 1 is 1.47 bits per heavy atom. The summed E-state index contributed by atoms with van der Waals surface area (Å²) in [5, 5.41) is 0. The summed E-state index contributed by atoms with van der Waals surface area (Å²) in [6.07, 6.45) is 2.14. The van der Waals surface area contributed by atoms with Crippen LogP contribution < -0.4 is 5.73 Å². The molecule has 98 valence electrons. The molecule has 0 aromatic heterocycles. The van der Waals surface area contributed by atoms with Crippen molar-refractivity contribution in [2.45, 2.75) is 26.7 Å². The van der Waals surface area contributed by atoms with Crippen LogP contribution in [0.5, 0.6) is 0 Å². The first-order valence-corrected chi connectivity index (χ1v) is 6.78. The van der Waals surface area contributed by atoms with Gasteiger partial charge in [-0.1, -0.05) is 12.2 Å². The summed E-state index contributed by atoms with van der Waals surface area (Å²) >= 11 is 5.04. The predicted molar refractivity (Wildman–Crippen MR) is 73.9 cm³/mol. The first-order valence-electron chi connectivity index (χ1n) is 6.37. The average Bonchev–Trinajstić information content (AvgIpc) is 2.30. The summed E-state index contributed by atoms with van der Waals surface area (Å²) in [6, 6.07) is 0. The highest BCUT2D eigenvalue weighted by molar-refractivity contribution is 7.80. The van der Waals surface area contributed by atoms with Gasteiger partial charge in [-0.3, -0.25) is 9.69 Å². The van der Waals surface area contributed by atoms with Crippen LogP contribution in [0.15, 0.2) is 0 Å². The molecule has 1 unspecified atom stereocenters. The number of amides is 1. The third kappa shape index (κ3) is 4.24. The van der Waals surface area contributed by atoms with Gasteiger partial charge >= 0.3 is 0 Å². The summed E-state index contributed by atoms with van der Waals surface area (Å²) in [5.74, 6) is 0.488. The Hall–Kier alpha value is -0.680. The average molecular weight is 257 g/mol. The van der Waals surface area contributed by atoms with E-state index in [9.17, 15) is 4.79 Å². The number of carbonyl (C=O) groups is 1. The zero-order valence-corrected chi connectivity index (χ0v) is 11.6. The van der Waals surface area contributed by atoms with Gasteiger partial charge in [-0.25, -0.2) is 0 Å². The SMILES string of the molecule is CCN(CC)C(=O)CN1CCCC(C(N)=S)C1. The Morgan fingerprint density at radius 2 is 2.12 bits per heavy atom. The lowest BCUT2D eigenvalue weighted by atomic mass is 9.98. The van der Waals surface area contributed by atoms with Crippen molar-refractivity contribution in [3.05, 3.63) is 0 Å². The third-order valence-electron chi connectivity index (χ3n) is 3.38. The van der Waals surface area contributed by atoms with Crippen LogP contribution in [0.25, 0.3) is 0 Å². The number of likely N-dealkylation sites (N-methyl/N-ethyl adjacent to an activating group) is 1. The van der Waals surface area contributed by atoms with E-state index in [2.05, 4.69) is 4.90 Å². The Kier molecular flexibility index (Phi) is 5.85. The zero-order chi connectivity index (χ0) is 12.8. The normalized spacial score (nSPS) is 21.2. The maximum absolute atomic E-state index is 12.0. The largest absolute Gasteiger partial charge is 0.393 e. The highest BCUT2D eigenvalue weighted by Gasteiger charge is 2.24. The summed E-state index contributed by atoms with van der Waals surface area (Å²) < 4.78 is 0. The molecule has 1 saturated heterocycles. The molecule has 0 bridgehead atoms. The van der Waals surface area contributed by atoms with Crippen LogP contribution in [0.2, 0.25) is 0 Å². The molecule has 1 amide bonds. The smallest absolute Gasteiger partial charge is 0.236 e. The third-order valence-corrected chi connectivity index (χ3v) is 3.72. The lowest BCUT2D eigenvalue weighted by Gasteiger charge is -2.33. The van der Waals surface area contributed by atoms with E-state index in [1.807, 2.05) is 18.7 Å². The summed E-state index contributed by atoms with van der Waals surface area (Å²) in [7, 11) is 0. The van der Waals surface area contributed by atoms with Crippen LogP contribution in [0.3, 0.4) is 0 Å². The lowest BCUT2D eigenvalue weighted by Crippen LogP contribution is -2.46. The highest BCUT2D eigenvalue weighted by Crippen LogP contribution is 2.16. The minimum absolute atomic E-state index is 0.207. The number of rotatable bonds is 5. The number of nitrogens with zero attached hydrogens (tertiary/aromatic N) is 2. The monoisotopic (exact) mass is 257 g/mol. The van der Waals surface area contributed by atoms with Gasteiger partial charge in [-0.15, -0.1) is 0 Å². The molecule has 17 heavy (non-hydrogen) atoms. The number of hydrogen-bond donors (Lipinski definition) is 1. The fourth-order valence-electron chi connectivity index (χ4n) is 2.30. The molecule has 1 aliphatic heterocycles. The molecule has 1 rings (SSSR count). The molecule has 1 aliphatic rings. The molecule has 0 aromatic carbocycles. The van der Waals surface area contributed by atoms with E-state index in [1.54, 1.807) is 0 Å². The highest BCUT2D eigenvalue weighted by atomic mass is 32.1. The molecular weight excluding hydrogens is 234 g/mol. The topological polar surface area (TPSA) is 49.6 Å². The second-order valence-corrected chi connectivity index (χ2v) is 5.01. The zero-order valence-electron chi connectivity index (χ0n) is 10.8.